The number of amides is 1. The van der Waals surface area contributed by atoms with Crippen LogP contribution in [0.15, 0.2) is 54.1 Å². The van der Waals surface area contributed by atoms with Gasteiger partial charge in [-0.2, -0.15) is 0 Å². The quantitative estimate of drug-likeness (QED) is 0.226. The fraction of sp³-hybridized carbons (Fsp3) is 0.273. The molecular weight excluding hydrogens is 404 g/mol. The van der Waals surface area contributed by atoms with E-state index < -0.39 is 22.7 Å². The maximum absolute atomic E-state index is 12.8. The molecule has 0 bridgehead atoms. The summed E-state index contributed by atoms with van der Waals surface area (Å²) in [6.07, 6.45) is 0. The van der Waals surface area contributed by atoms with Crippen LogP contribution in [-0.2, 0) is 14.3 Å². The Kier molecular flexibility index (Phi) is 6.66. The fourth-order valence-electron chi connectivity index (χ4n) is 3.46. The molecule has 9 heteroatoms. The number of nitro benzene ring substituents is 1. The minimum atomic E-state index is -0.900. The van der Waals surface area contributed by atoms with Crippen molar-refractivity contribution in [1.29, 1.82) is 0 Å². The van der Waals surface area contributed by atoms with Crippen LogP contribution in [0.2, 0.25) is 0 Å². The molecule has 1 amide bonds. The van der Waals surface area contributed by atoms with Crippen molar-refractivity contribution in [3.05, 3.63) is 75.3 Å². The van der Waals surface area contributed by atoms with Gasteiger partial charge in [0.1, 0.15) is 11.5 Å². The normalized spacial score (nSPS) is 17.7. The van der Waals surface area contributed by atoms with Gasteiger partial charge in [0.05, 0.1) is 29.8 Å². The third kappa shape index (κ3) is 4.41. The summed E-state index contributed by atoms with van der Waals surface area (Å²) >= 11 is 0. The van der Waals surface area contributed by atoms with Gasteiger partial charge in [-0.1, -0.05) is 0 Å². The lowest BCUT2D eigenvalue weighted by Gasteiger charge is -2.25. The van der Waals surface area contributed by atoms with E-state index >= 15 is 0 Å². The van der Waals surface area contributed by atoms with E-state index in [9.17, 15) is 24.8 Å². The van der Waals surface area contributed by atoms with Crippen LogP contribution in [-0.4, -0.2) is 53.5 Å². The maximum Gasteiger partial charge on any atom is 0.295 e. The number of hydrogen-bond donors (Lipinski definition) is 1. The number of Topliss-reactive ketones (excluding diaryl/α,β-unsaturated/α-hetero) is 1. The van der Waals surface area contributed by atoms with Crippen molar-refractivity contribution in [2.75, 3.05) is 26.9 Å². The molecule has 0 spiro atoms. The molecule has 162 valence electrons. The summed E-state index contributed by atoms with van der Waals surface area (Å²) in [5.41, 5.74) is 0.608. The number of likely N-dealkylation sites (tertiary alicyclic amines) is 1. The number of non-ortho nitro benzene ring substituents is 1. The van der Waals surface area contributed by atoms with E-state index in [2.05, 4.69) is 0 Å². The first kappa shape index (κ1) is 22.0. The third-order valence-electron chi connectivity index (χ3n) is 4.93. The Labute approximate surface area is 178 Å². The second kappa shape index (κ2) is 9.40. The molecule has 1 N–H and O–H groups in total. The van der Waals surface area contributed by atoms with E-state index in [1.54, 1.807) is 24.3 Å². The fourth-order valence-corrected chi connectivity index (χ4v) is 3.46. The Morgan fingerprint density at radius 1 is 1.13 bits per heavy atom. The Hall–Kier alpha value is -3.72. The van der Waals surface area contributed by atoms with Crippen LogP contribution < -0.4 is 4.74 Å². The number of rotatable bonds is 8. The number of benzene rings is 2. The molecule has 31 heavy (non-hydrogen) atoms. The van der Waals surface area contributed by atoms with Gasteiger partial charge in [-0.15, -0.1) is 0 Å². The van der Waals surface area contributed by atoms with E-state index in [-0.39, 0.29) is 30.2 Å². The molecule has 0 radical (unpaired) electrons. The molecule has 1 heterocycles. The monoisotopic (exact) mass is 426 g/mol. The molecule has 9 nitrogen and oxygen atoms in total. The Balaban J connectivity index is 2.09. The van der Waals surface area contributed by atoms with E-state index in [1.807, 2.05) is 6.92 Å². The van der Waals surface area contributed by atoms with Crippen molar-refractivity contribution in [1.82, 2.24) is 4.90 Å². The van der Waals surface area contributed by atoms with Crippen LogP contribution in [0.3, 0.4) is 0 Å². The first-order chi connectivity index (χ1) is 14.9. The molecule has 2 aromatic rings. The second-order valence-corrected chi connectivity index (χ2v) is 6.79. The minimum absolute atomic E-state index is 0.0842. The molecule has 1 saturated heterocycles. The number of hydrogen-bond acceptors (Lipinski definition) is 7. The van der Waals surface area contributed by atoms with Gasteiger partial charge in [0.25, 0.3) is 17.4 Å². The number of nitro groups is 1. The lowest BCUT2D eigenvalue weighted by molar-refractivity contribution is -0.384. The SMILES string of the molecule is CCOc1ccc(/C(O)=C2\C(=O)C(=O)N(CCOC)[C@@H]2c2ccc([N+](=O)[O-])cc2)cc1. The molecular formula is C22H22N2O7. The number of ketones is 1. The van der Waals surface area contributed by atoms with Crippen molar-refractivity contribution >= 4 is 23.1 Å². The van der Waals surface area contributed by atoms with Gasteiger partial charge >= 0.3 is 0 Å². The van der Waals surface area contributed by atoms with Crippen molar-refractivity contribution in [3.63, 3.8) is 0 Å². The number of ether oxygens (including phenoxy) is 2. The average molecular weight is 426 g/mol. The van der Waals surface area contributed by atoms with E-state index in [0.717, 1.165) is 0 Å². The summed E-state index contributed by atoms with van der Waals surface area (Å²) in [7, 11) is 1.47. The van der Waals surface area contributed by atoms with Crippen molar-refractivity contribution in [3.8, 4) is 5.75 Å². The summed E-state index contributed by atoms with van der Waals surface area (Å²) in [5.74, 6) is -1.32. The molecule has 1 aliphatic rings. The average Bonchev–Trinajstić information content (AvgIpc) is 3.02. The van der Waals surface area contributed by atoms with Gasteiger partial charge in [0.2, 0.25) is 0 Å². The first-order valence-electron chi connectivity index (χ1n) is 9.64. The number of carbonyl (C=O) groups excluding carboxylic acids is 2. The highest BCUT2D eigenvalue weighted by Gasteiger charge is 2.45. The van der Waals surface area contributed by atoms with Crippen LogP contribution in [0, 0.1) is 10.1 Å². The summed E-state index contributed by atoms with van der Waals surface area (Å²) < 4.78 is 10.4. The third-order valence-corrected chi connectivity index (χ3v) is 4.93. The predicted octanol–water partition coefficient (Wildman–Crippen LogP) is 3.06. The number of carbonyl (C=O) groups is 2. The number of nitrogens with zero attached hydrogens (tertiary/aromatic N) is 2. The second-order valence-electron chi connectivity index (χ2n) is 6.79. The molecule has 0 aliphatic carbocycles. The molecule has 3 rings (SSSR count). The number of aliphatic hydroxyl groups excluding tert-OH is 1. The maximum atomic E-state index is 12.8. The molecule has 1 fully saturated rings. The highest BCUT2D eigenvalue weighted by Crippen LogP contribution is 2.39. The standard InChI is InChI=1S/C22H22N2O7/c1-3-31-17-10-6-15(7-11-17)20(25)18-19(14-4-8-16(9-5-14)24(28)29)23(12-13-30-2)22(27)21(18)26/h4-11,19,25H,3,12-13H2,1-2H3/b20-18+/t19-/m1/s1. The lowest BCUT2D eigenvalue weighted by Crippen LogP contribution is -2.32. The summed E-state index contributed by atoms with van der Waals surface area (Å²) in [4.78, 5) is 37.3. The van der Waals surface area contributed by atoms with Crippen LogP contribution in [0.4, 0.5) is 5.69 Å². The lowest BCUT2D eigenvalue weighted by atomic mass is 9.95. The van der Waals surface area contributed by atoms with Crippen LogP contribution in [0.5, 0.6) is 5.75 Å². The smallest absolute Gasteiger partial charge is 0.295 e. The number of aliphatic hydroxyl groups is 1. The molecule has 0 saturated carbocycles. The van der Waals surface area contributed by atoms with E-state index in [0.29, 0.717) is 23.5 Å². The largest absolute Gasteiger partial charge is 0.507 e. The highest BCUT2D eigenvalue weighted by atomic mass is 16.6. The topological polar surface area (TPSA) is 119 Å². The molecule has 1 aliphatic heterocycles. The number of methoxy groups -OCH3 is 1. The minimum Gasteiger partial charge on any atom is -0.507 e. The zero-order chi connectivity index (χ0) is 22.5. The van der Waals surface area contributed by atoms with Crippen LogP contribution in [0.25, 0.3) is 5.76 Å². The van der Waals surface area contributed by atoms with Crippen LogP contribution in [0.1, 0.15) is 24.1 Å². The summed E-state index contributed by atoms with van der Waals surface area (Å²) in [6.45, 7) is 2.62. The van der Waals surface area contributed by atoms with Crippen LogP contribution >= 0.6 is 0 Å². The van der Waals surface area contributed by atoms with Gasteiger partial charge in [0.15, 0.2) is 0 Å². The predicted molar refractivity (Wildman–Crippen MR) is 112 cm³/mol. The Bertz CT molecular complexity index is 1010. The first-order valence-corrected chi connectivity index (χ1v) is 9.64. The van der Waals surface area contributed by atoms with Gasteiger partial charge in [-0.05, 0) is 48.9 Å². The van der Waals surface area contributed by atoms with Gasteiger partial charge in [0, 0.05) is 31.4 Å². The van der Waals surface area contributed by atoms with Gasteiger partial charge in [-0.25, -0.2) is 0 Å². The zero-order valence-electron chi connectivity index (χ0n) is 17.1. The van der Waals surface area contributed by atoms with E-state index in [1.165, 1.54) is 36.3 Å². The van der Waals surface area contributed by atoms with Gasteiger partial charge in [-0.3, -0.25) is 19.7 Å². The van der Waals surface area contributed by atoms with E-state index in [4.69, 9.17) is 9.47 Å². The molecule has 0 aromatic heterocycles. The highest BCUT2D eigenvalue weighted by molar-refractivity contribution is 6.46. The zero-order valence-corrected chi connectivity index (χ0v) is 17.1. The van der Waals surface area contributed by atoms with Crippen molar-refractivity contribution in [2.24, 2.45) is 0 Å². The Morgan fingerprint density at radius 3 is 2.32 bits per heavy atom. The molecule has 2 aromatic carbocycles. The summed E-state index contributed by atoms with van der Waals surface area (Å²) in [6, 6.07) is 11.1. The molecule has 1 atom stereocenters. The van der Waals surface area contributed by atoms with Crippen molar-refractivity contribution in [2.45, 2.75) is 13.0 Å². The summed E-state index contributed by atoms with van der Waals surface area (Å²) in [5, 5.41) is 21.9. The van der Waals surface area contributed by atoms with Crippen molar-refractivity contribution < 1.29 is 29.1 Å². The van der Waals surface area contributed by atoms with Gasteiger partial charge < -0.3 is 19.5 Å². The Morgan fingerprint density at radius 2 is 1.77 bits per heavy atom. The molecule has 0 unspecified atom stereocenters.